The van der Waals surface area contributed by atoms with E-state index in [1.807, 2.05) is 0 Å². The second-order valence-corrected chi connectivity index (χ2v) is 6.45. The molecule has 2 amide bonds. The number of hydrogen-bond acceptors (Lipinski definition) is 3. The molecule has 118 valence electrons. The number of carbonyl (C=O) groups excluding carboxylic acids is 2. The van der Waals surface area contributed by atoms with Gasteiger partial charge in [0, 0.05) is 19.4 Å². The van der Waals surface area contributed by atoms with E-state index in [1.54, 1.807) is 0 Å². The molecule has 0 radical (unpaired) electrons. The normalized spacial score (nSPS) is 13.0. The number of nitrogens with one attached hydrogen (secondary N) is 1. The molecule has 0 aromatic carbocycles. The molecule has 0 rings (SSSR count). The van der Waals surface area contributed by atoms with Crippen LogP contribution in [0.2, 0.25) is 0 Å². The van der Waals surface area contributed by atoms with Crippen molar-refractivity contribution in [1.82, 2.24) is 5.32 Å². The number of hydrogen-bond donors (Lipinski definition) is 3. The Labute approximate surface area is 122 Å². The monoisotopic (exact) mass is 285 g/mol. The zero-order valence-corrected chi connectivity index (χ0v) is 13.2. The van der Waals surface area contributed by atoms with Crippen LogP contribution in [0, 0.1) is 11.3 Å². The highest BCUT2D eigenvalue weighted by Gasteiger charge is 2.24. The third-order valence-corrected chi connectivity index (χ3v) is 3.63. The van der Waals surface area contributed by atoms with Crippen molar-refractivity contribution in [3.8, 4) is 0 Å². The molecule has 0 spiro atoms. The Morgan fingerprint density at radius 1 is 1.10 bits per heavy atom. The summed E-state index contributed by atoms with van der Waals surface area (Å²) >= 11 is 0. The second kappa shape index (κ2) is 9.75. The van der Waals surface area contributed by atoms with Crippen LogP contribution in [0.15, 0.2) is 0 Å². The van der Waals surface area contributed by atoms with Crippen LogP contribution in [-0.2, 0) is 9.59 Å². The first-order chi connectivity index (χ1) is 9.27. The van der Waals surface area contributed by atoms with Crippen molar-refractivity contribution in [3.63, 3.8) is 0 Å². The molecule has 0 aromatic rings. The Hall–Kier alpha value is -1.10. The van der Waals surface area contributed by atoms with Gasteiger partial charge in [-0.15, -0.1) is 0 Å². The highest BCUT2D eigenvalue weighted by atomic mass is 16.1. The number of nitrogens with two attached hydrogens (primary N) is 2. The zero-order chi connectivity index (χ0) is 15.6. The fourth-order valence-electron chi connectivity index (χ4n) is 2.26. The van der Waals surface area contributed by atoms with Crippen LogP contribution in [0.4, 0.5) is 0 Å². The first-order valence-electron chi connectivity index (χ1n) is 7.52. The smallest absolute Gasteiger partial charge is 0.220 e. The number of carbonyl (C=O) groups is 2. The lowest BCUT2D eigenvalue weighted by Gasteiger charge is -2.30. The fourth-order valence-corrected chi connectivity index (χ4v) is 2.26. The molecule has 5 heteroatoms. The van der Waals surface area contributed by atoms with Gasteiger partial charge in [-0.25, -0.2) is 0 Å². The third-order valence-electron chi connectivity index (χ3n) is 3.63. The number of rotatable bonds is 10. The van der Waals surface area contributed by atoms with Crippen LogP contribution < -0.4 is 16.8 Å². The molecule has 0 fully saturated rings. The predicted molar refractivity (Wildman–Crippen MR) is 81.9 cm³/mol. The molecule has 1 atom stereocenters. The van der Waals surface area contributed by atoms with E-state index in [0.29, 0.717) is 31.8 Å². The summed E-state index contributed by atoms with van der Waals surface area (Å²) < 4.78 is 0. The van der Waals surface area contributed by atoms with Gasteiger partial charge in [0.2, 0.25) is 11.8 Å². The summed E-state index contributed by atoms with van der Waals surface area (Å²) in [5.41, 5.74) is 10.9. The largest absolute Gasteiger partial charge is 0.370 e. The quantitative estimate of drug-likeness (QED) is 0.531. The number of amides is 2. The van der Waals surface area contributed by atoms with E-state index in [1.165, 1.54) is 0 Å². The molecular weight excluding hydrogens is 254 g/mol. The average Bonchev–Trinajstić information content (AvgIpc) is 2.32. The van der Waals surface area contributed by atoms with Gasteiger partial charge >= 0.3 is 0 Å². The fraction of sp³-hybridized carbons (Fsp3) is 0.867. The van der Waals surface area contributed by atoms with Gasteiger partial charge in [-0.2, -0.15) is 0 Å². The molecule has 0 aliphatic carbocycles. The molecule has 0 bridgehead atoms. The van der Waals surface area contributed by atoms with Crippen molar-refractivity contribution in [2.24, 2.45) is 22.8 Å². The standard InChI is InChI=1S/C15H31N3O2/c1-15(2,3)12(9-10-16)7-8-14(20)18-11-5-4-6-13(17)19/h12H,4-11,16H2,1-3H3,(H2,17,19)(H,18,20). The van der Waals surface area contributed by atoms with Gasteiger partial charge in [-0.05, 0) is 43.6 Å². The molecule has 0 aliphatic heterocycles. The maximum Gasteiger partial charge on any atom is 0.220 e. The van der Waals surface area contributed by atoms with Gasteiger partial charge in [0.15, 0.2) is 0 Å². The van der Waals surface area contributed by atoms with E-state index in [-0.39, 0.29) is 17.2 Å². The Morgan fingerprint density at radius 2 is 1.75 bits per heavy atom. The highest BCUT2D eigenvalue weighted by Crippen LogP contribution is 2.31. The molecule has 1 unspecified atom stereocenters. The minimum Gasteiger partial charge on any atom is -0.370 e. The maximum atomic E-state index is 11.7. The SMILES string of the molecule is CC(C)(C)C(CCN)CCC(=O)NCCCCC(N)=O. The van der Waals surface area contributed by atoms with Gasteiger partial charge in [-0.3, -0.25) is 9.59 Å². The molecule has 0 heterocycles. The third kappa shape index (κ3) is 9.78. The highest BCUT2D eigenvalue weighted by molar-refractivity contribution is 5.75. The lowest BCUT2D eigenvalue weighted by molar-refractivity contribution is -0.121. The lowest BCUT2D eigenvalue weighted by atomic mass is 9.76. The van der Waals surface area contributed by atoms with Crippen molar-refractivity contribution >= 4 is 11.8 Å². The molecule has 0 aliphatic rings. The van der Waals surface area contributed by atoms with Crippen LogP contribution in [-0.4, -0.2) is 24.9 Å². The van der Waals surface area contributed by atoms with E-state index >= 15 is 0 Å². The molecule has 20 heavy (non-hydrogen) atoms. The number of unbranched alkanes of at least 4 members (excludes halogenated alkanes) is 1. The number of primary amides is 1. The minimum atomic E-state index is -0.286. The van der Waals surface area contributed by atoms with Crippen LogP contribution in [0.1, 0.15) is 59.3 Å². The van der Waals surface area contributed by atoms with E-state index in [0.717, 1.165) is 25.7 Å². The van der Waals surface area contributed by atoms with E-state index in [4.69, 9.17) is 11.5 Å². The van der Waals surface area contributed by atoms with Crippen LogP contribution in [0.3, 0.4) is 0 Å². The summed E-state index contributed by atoms with van der Waals surface area (Å²) in [4.78, 5) is 22.3. The van der Waals surface area contributed by atoms with Gasteiger partial charge in [0.1, 0.15) is 0 Å². The summed E-state index contributed by atoms with van der Waals surface area (Å²) in [6, 6.07) is 0. The summed E-state index contributed by atoms with van der Waals surface area (Å²) in [5, 5.41) is 2.88. The van der Waals surface area contributed by atoms with Crippen molar-refractivity contribution in [3.05, 3.63) is 0 Å². The Bertz CT molecular complexity index is 298. The average molecular weight is 285 g/mol. The van der Waals surface area contributed by atoms with Crippen molar-refractivity contribution < 1.29 is 9.59 Å². The van der Waals surface area contributed by atoms with Gasteiger partial charge in [0.25, 0.3) is 0 Å². The van der Waals surface area contributed by atoms with Crippen LogP contribution >= 0.6 is 0 Å². The first-order valence-corrected chi connectivity index (χ1v) is 7.52. The van der Waals surface area contributed by atoms with Crippen molar-refractivity contribution in [1.29, 1.82) is 0 Å². The molecule has 0 saturated carbocycles. The lowest BCUT2D eigenvalue weighted by Crippen LogP contribution is -2.28. The Balaban J connectivity index is 3.82. The van der Waals surface area contributed by atoms with E-state index in [2.05, 4.69) is 26.1 Å². The van der Waals surface area contributed by atoms with Crippen molar-refractivity contribution in [2.75, 3.05) is 13.1 Å². The van der Waals surface area contributed by atoms with E-state index < -0.39 is 0 Å². The second-order valence-electron chi connectivity index (χ2n) is 6.45. The predicted octanol–water partition coefficient (Wildman–Crippen LogP) is 1.55. The molecule has 0 aromatic heterocycles. The first kappa shape index (κ1) is 18.9. The summed E-state index contributed by atoms with van der Waals surface area (Å²) in [6.45, 7) is 7.85. The zero-order valence-electron chi connectivity index (χ0n) is 13.2. The maximum absolute atomic E-state index is 11.7. The van der Waals surface area contributed by atoms with Crippen molar-refractivity contribution in [2.45, 2.75) is 59.3 Å². The van der Waals surface area contributed by atoms with E-state index in [9.17, 15) is 9.59 Å². The van der Waals surface area contributed by atoms with Crippen LogP contribution in [0.5, 0.6) is 0 Å². The molecule has 5 N–H and O–H groups in total. The Morgan fingerprint density at radius 3 is 2.25 bits per heavy atom. The minimum absolute atomic E-state index is 0.0790. The molecule has 5 nitrogen and oxygen atoms in total. The van der Waals surface area contributed by atoms with Crippen LogP contribution in [0.25, 0.3) is 0 Å². The summed E-state index contributed by atoms with van der Waals surface area (Å²) in [6.07, 6.45) is 4.27. The Kier molecular flexibility index (Phi) is 9.21. The van der Waals surface area contributed by atoms with Gasteiger partial charge < -0.3 is 16.8 Å². The topological polar surface area (TPSA) is 98.2 Å². The molecule has 0 saturated heterocycles. The van der Waals surface area contributed by atoms with Gasteiger partial charge in [-0.1, -0.05) is 20.8 Å². The van der Waals surface area contributed by atoms with Gasteiger partial charge in [0.05, 0.1) is 0 Å². The summed E-state index contributed by atoms with van der Waals surface area (Å²) in [5.74, 6) is 0.259. The molecular formula is C15H31N3O2. The summed E-state index contributed by atoms with van der Waals surface area (Å²) in [7, 11) is 0.